The molecule has 1 aliphatic rings. The van der Waals surface area contributed by atoms with Crippen molar-refractivity contribution in [3.8, 4) is 11.1 Å². The summed E-state index contributed by atoms with van der Waals surface area (Å²) in [6.45, 7) is -0.167. The van der Waals surface area contributed by atoms with Gasteiger partial charge < -0.3 is 10.2 Å². The molecule has 3 aromatic carbocycles. The van der Waals surface area contributed by atoms with Crippen LogP contribution in [-0.4, -0.2) is 45.5 Å². The van der Waals surface area contributed by atoms with Gasteiger partial charge in [0.25, 0.3) is 11.8 Å². The Bertz CT molecular complexity index is 1360. The Morgan fingerprint density at radius 1 is 0.868 bits per heavy atom. The van der Waals surface area contributed by atoms with Gasteiger partial charge in [0.1, 0.15) is 0 Å². The lowest BCUT2D eigenvalue weighted by atomic mass is 9.93. The average molecular weight is 546 g/mol. The van der Waals surface area contributed by atoms with Gasteiger partial charge in [-0.05, 0) is 66.3 Å². The molecule has 0 bridgehead atoms. The fourth-order valence-corrected chi connectivity index (χ4v) is 4.62. The molecule has 4 rings (SSSR count). The van der Waals surface area contributed by atoms with Gasteiger partial charge in [-0.25, -0.2) is 0 Å². The minimum Gasteiger partial charge on any atom is -0.481 e. The number of aliphatic hydroxyl groups is 1. The Morgan fingerprint density at radius 3 is 2.03 bits per heavy atom. The van der Waals surface area contributed by atoms with Crippen LogP contribution in [-0.2, 0) is 17.4 Å². The van der Waals surface area contributed by atoms with Gasteiger partial charge in [-0.3, -0.25) is 19.3 Å². The third kappa shape index (κ3) is 5.89. The number of alkyl halides is 3. The molecular formula is C28H23ClF3NO5. The summed E-state index contributed by atoms with van der Waals surface area (Å²) < 4.78 is 38.3. The van der Waals surface area contributed by atoms with E-state index >= 15 is 0 Å². The number of fused-ring (bicyclic) bond motifs is 1. The quantitative estimate of drug-likeness (QED) is 0.336. The summed E-state index contributed by atoms with van der Waals surface area (Å²) in [5, 5.41) is 20.6. The zero-order valence-corrected chi connectivity index (χ0v) is 20.7. The lowest BCUT2D eigenvalue weighted by molar-refractivity contribution is -0.146. The summed E-state index contributed by atoms with van der Waals surface area (Å²) in [5.41, 5.74) is 1.77. The summed E-state index contributed by atoms with van der Waals surface area (Å²) in [7, 11) is 0. The maximum atomic E-state index is 12.8. The number of hydrogen-bond acceptors (Lipinski definition) is 4. The molecule has 198 valence electrons. The third-order valence-electron chi connectivity index (χ3n) is 6.61. The highest BCUT2D eigenvalue weighted by Gasteiger charge is 2.37. The van der Waals surface area contributed by atoms with Gasteiger partial charge in [0, 0.05) is 11.6 Å². The van der Waals surface area contributed by atoms with Crippen LogP contribution in [0.25, 0.3) is 11.1 Å². The summed E-state index contributed by atoms with van der Waals surface area (Å²) in [5.74, 6) is -3.53. The molecule has 3 aromatic rings. The van der Waals surface area contributed by atoms with Crippen molar-refractivity contribution in [1.82, 2.24) is 4.90 Å². The molecule has 2 N–H and O–H groups in total. The molecule has 0 unspecified atom stereocenters. The van der Waals surface area contributed by atoms with Crippen LogP contribution in [0.3, 0.4) is 0 Å². The molecule has 38 heavy (non-hydrogen) atoms. The van der Waals surface area contributed by atoms with Crippen molar-refractivity contribution < 1.29 is 37.8 Å². The molecule has 2 atom stereocenters. The number of imide groups is 1. The predicted octanol–water partition coefficient (Wildman–Crippen LogP) is 5.71. The smallest absolute Gasteiger partial charge is 0.416 e. The minimum atomic E-state index is -4.41. The zero-order valence-electron chi connectivity index (χ0n) is 19.9. The van der Waals surface area contributed by atoms with Gasteiger partial charge in [0.2, 0.25) is 0 Å². The zero-order chi connectivity index (χ0) is 27.6. The number of carboxylic acids is 1. The highest BCUT2D eigenvalue weighted by molar-refractivity contribution is 6.32. The largest absolute Gasteiger partial charge is 0.481 e. The van der Waals surface area contributed by atoms with Crippen LogP contribution in [0.4, 0.5) is 13.2 Å². The lowest BCUT2D eigenvalue weighted by Gasteiger charge is -2.22. The van der Waals surface area contributed by atoms with E-state index in [-0.39, 0.29) is 30.5 Å². The number of hydrogen-bond donors (Lipinski definition) is 2. The second-order valence-electron chi connectivity index (χ2n) is 9.06. The Morgan fingerprint density at radius 2 is 1.45 bits per heavy atom. The molecule has 0 aromatic heterocycles. The third-order valence-corrected chi connectivity index (χ3v) is 6.84. The van der Waals surface area contributed by atoms with E-state index in [9.17, 15) is 37.8 Å². The first-order valence-corrected chi connectivity index (χ1v) is 12.2. The van der Waals surface area contributed by atoms with Crippen molar-refractivity contribution in [3.63, 3.8) is 0 Å². The van der Waals surface area contributed by atoms with Crippen LogP contribution in [0.2, 0.25) is 5.02 Å². The van der Waals surface area contributed by atoms with Gasteiger partial charge in [0.15, 0.2) is 0 Å². The molecule has 0 radical (unpaired) electrons. The highest BCUT2D eigenvalue weighted by Crippen LogP contribution is 2.31. The van der Waals surface area contributed by atoms with Gasteiger partial charge in [-0.15, -0.1) is 0 Å². The number of rotatable bonds is 9. The van der Waals surface area contributed by atoms with E-state index < -0.39 is 41.5 Å². The summed E-state index contributed by atoms with van der Waals surface area (Å²) in [6.07, 6.45) is -5.29. The van der Waals surface area contributed by atoms with Gasteiger partial charge in [-0.1, -0.05) is 48.0 Å². The summed E-state index contributed by atoms with van der Waals surface area (Å²) in [4.78, 5) is 38.0. The monoisotopic (exact) mass is 545 g/mol. The molecule has 0 saturated heterocycles. The second kappa shape index (κ2) is 11.0. The van der Waals surface area contributed by atoms with E-state index in [0.29, 0.717) is 22.6 Å². The average Bonchev–Trinajstić information content (AvgIpc) is 3.11. The number of carboxylic acid groups (broad SMARTS) is 1. The maximum absolute atomic E-state index is 12.8. The fourth-order valence-electron chi connectivity index (χ4n) is 4.45. The standard InChI is InChI=1S/C28H23ClF3NO5/c29-20-10-11-21-23(15-20)26(36)33(25(21)35)14-13-22(27(37)38)24(34)12-3-16-1-4-17(5-2-16)18-6-8-19(9-7-18)28(30,31)32/h1-2,4-11,15,22,24,34H,3,12-14H2,(H,37,38)/t22-,24+/m0/s1. The normalized spacial score (nSPS) is 14.9. The number of benzene rings is 3. The highest BCUT2D eigenvalue weighted by atomic mass is 35.5. The topological polar surface area (TPSA) is 94.9 Å². The SMILES string of the molecule is O=C(O)[C@@H](CCN1C(=O)c2ccc(Cl)cc2C1=O)[C@H](O)CCc1ccc(-c2ccc(C(F)(F)F)cc2)cc1. The van der Waals surface area contributed by atoms with Crippen LogP contribution >= 0.6 is 11.6 Å². The van der Waals surface area contributed by atoms with Crippen molar-refractivity contribution in [1.29, 1.82) is 0 Å². The van der Waals surface area contributed by atoms with Crippen molar-refractivity contribution >= 4 is 29.4 Å². The van der Waals surface area contributed by atoms with Crippen LogP contribution < -0.4 is 0 Å². The van der Waals surface area contributed by atoms with Crippen molar-refractivity contribution in [3.05, 3.63) is 94.0 Å². The van der Waals surface area contributed by atoms with Crippen LogP contribution in [0, 0.1) is 5.92 Å². The summed E-state index contributed by atoms with van der Waals surface area (Å²) in [6, 6.07) is 16.2. The first-order chi connectivity index (χ1) is 18.0. The lowest BCUT2D eigenvalue weighted by Crippen LogP contribution is -2.36. The van der Waals surface area contributed by atoms with E-state index in [2.05, 4.69) is 0 Å². The molecule has 0 spiro atoms. The Balaban J connectivity index is 1.34. The fraction of sp³-hybridized carbons (Fsp3) is 0.250. The Hall–Kier alpha value is -3.69. The first-order valence-electron chi connectivity index (χ1n) is 11.8. The molecule has 0 fully saturated rings. The maximum Gasteiger partial charge on any atom is 0.416 e. The number of aliphatic carboxylic acids is 1. The van der Waals surface area contributed by atoms with Crippen molar-refractivity contribution in [2.75, 3.05) is 6.54 Å². The van der Waals surface area contributed by atoms with E-state index in [1.54, 1.807) is 24.3 Å². The molecule has 2 amide bonds. The number of halogens is 4. The molecule has 1 aliphatic heterocycles. The number of aryl methyl sites for hydroxylation is 1. The second-order valence-corrected chi connectivity index (χ2v) is 9.50. The number of nitrogens with zero attached hydrogens (tertiary/aromatic N) is 1. The molecule has 0 aliphatic carbocycles. The molecule has 1 heterocycles. The van der Waals surface area contributed by atoms with Crippen molar-refractivity contribution in [2.24, 2.45) is 5.92 Å². The number of carbonyl (C=O) groups is 3. The summed E-state index contributed by atoms with van der Waals surface area (Å²) >= 11 is 5.91. The molecule has 0 saturated carbocycles. The Kier molecular flexibility index (Phi) is 7.89. The minimum absolute atomic E-state index is 0.119. The van der Waals surface area contributed by atoms with E-state index in [0.717, 1.165) is 22.6 Å². The molecule has 10 heteroatoms. The van der Waals surface area contributed by atoms with Gasteiger partial charge >= 0.3 is 12.1 Å². The number of amides is 2. The number of carbonyl (C=O) groups excluding carboxylic acids is 2. The van der Waals surface area contributed by atoms with Crippen molar-refractivity contribution in [2.45, 2.75) is 31.5 Å². The van der Waals surface area contributed by atoms with Gasteiger partial charge in [0.05, 0.1) is 28.7 Å². The van der Waals surface area contributed by atoms with Gasteiger partial charge in [-0.2, -0.15) is 13.2 Å². The number of aliphatic hydroxyl groups excluding tert-OH is 1. The predicted molar refractivity (Wildman–Crippen MR) is 134 cm³/mol. The van der Waals surface area contributed by atoms with E-state index in [1.807, 2.05) is 0 Å². The van der Waals surface area contributed by atoms with E-state index in [4.69, 9.17) is 11.6 Å². The molecule has 6 nitrogen and oxygen atoms in total. The Labute approximate surface area is 221 Å². The van der Waals surface area contributed by atoms with Crippen LogP contribution in [0.5, 0.6) is 0 Å². The van der Waals surface area contributed by atoms with Crippen LogP contribution in [0.1, 0.15) is 44.7 Å². The van der Waals surface area contributed by atoms with E-state index in [1.165, 1.54) is 30.3 Å². The van der Waals surface area contributed by atoms with Crippen LogP contribution in [0.15, 0.2) is 66.7 Å². The molecular weight excluding hydrogens is 523 g/mol. The first kappa shape index (κ1) is 27.3.